The minimum atomic E-state index is -1.83. The Bertz CT molecular complexity index is 1410. The van der Waals surface area contributed by atoms with Gasteiger partial charge in [0.25, 0.3) is 0 Å². The zero-order valence-electron chi connectivity index (χ0n) is 21.0. The molecule has 0 amide bonds. The number of para-hydroxylation sites is 2. The van der Waals surface area contributed by atoms with Gasteiger partial charge in [0.15, 0.2) is 0 Å². The molecule has 38 heavy (non-hydrogen) atoms. The van der Waals surface area contributed by atoms with Crippen LogP contribution in [0.2, 0.25) is 0 Å². The summed E-state index contributed by atoms with van der Waals surface area (Å²) < 4.78 is 4.28. The molecule has 1 aliphatic rings. The lowest BCUT2D eigenvalue weighted by atomic mass is 10.1. The van der Waals surface area contributed by atoms with E-state index in [0.29, 0.717) is 6.54 Å². The van der Waals surface area contributed by atoms with Crippen LogP contribution in [0.25, 0.3) is 0 Å². The molecule has 0 saturated carbocycles. The maximum Gasteiger partial charge on any atom is 0.0552 e. The van der Waals surface area contributed by atoms with E-state index in [9.17, 15) is 4.89 Å². The molecule has 1 fully saturated rings. The minimum absolute atomic E-state index is 0.0937. The second-order valence-corrected chi connectivity index (χ2v) is 13.0. The van der Waals surface area contributed by atoms with Crippen LogP contribution in [0.15, 0.2) is 146 Å². The van der Waals surface area contributed by atoms with Crippen LogP contribution >= 0.6 is 16.4 Å². The van der Waals surface area contributed by atoms with Crippen LogP contribution in [0.3, 0.4) is 0 Å². The Morgan fingerprint density at radius 1 is 0.632 bits per heavy atom. The van der Waals surface area contributed by atoms with E-state index in [4.69, 9.17) is 0 Å². The Hall–Kier alpha value is -3.48. The zero-order valence-corrected chi connectivity index (χ0v) is 22.8. The summed E-state index contributed by atoms with van der Waals surface area (Å²) in [6.07, 6.45) is 0.835. The lowest BCUT2D eigenvalue weighted by Gasteiger charge is -2.40. The first kappa shape index (κ1) is 24.8. The smallest absolute Gasteiger partial charge is 0.0552 e. The van der Waals surface area contributed by atoms with Crippen LogP contribution in [0.5, 0.6) is 0 Å². The Balaban J connectivity index is 1.43. The maximum atomic E-state index is 14.4. The molecule has 1 unspecified atom stereocenters. The first-order valence-electron chi connectivity index (χ1n) is 12.9. The summed E-state index contributed by atoms with van der Waals surface area (Å²) in [5, 5.41) is 3.81. The summed E-state index contributed by atoms with van der Waals surface area (Å²) >= 11 is 0. The van der Waals surface area contributed by atoms with Crippen molar-refractivity contribution in [3.8, 4) is 0 Å². The van der Waals surface area contributed by atoms with Crippen molar-refractivity contribution in [1.82, 2.24) is 0 Å². The van der Waals surface area contributed by atoms with E-state index in [1.807, 2.05) is 24.3 Å². The Morgan fingerprint density at radius 2 is 1.13 bits per heavy atom. The van der Waals surface area contributed by atoms with Gasteiger partial charge in [0.2, 0.25) is 0 Å². The fourth-order valence-corrected chi connectivity index (χ4v) is 9.39. The zero-order chi connectivity index (χ0) is 25.7. The highest BCUT2D eigenvalue weighted by atomic mass is 31.2. The summed E-state index contributed by atoms with van der Waals surface area (Å²) in [6.45, 7) is 0.697. The van der Waals surface area contributed by atoms with Gasteiger partial charge in [-0.15, -0.1) is 0 Å². The summed E-state index contributed by atoms with van der Waals surface area (Å²) in [6, 6.07) is 50.8. The summed E-state index contributed by atoms with van der Waals surface area (Å²) in [5.41, 5.74) is 3.32. The van der Waals surface area contributed by atoms with E-state index in [0.717, 1.165) is 17.8 Å². The number of rotatable bonds is 7. The van der Waals surface area contributed by atoms with Crippen molar-refractivity contribution in [2.24, 2.45) is 0 Å². The van der Waals surface area contributed by atoms with Crippen LogP contribution in [0, 0.1) is 0 Å². The van der Waals surface area contributed by atoms with Gasteiger partial charge in [-0.3, -0.25) is 0 Å². The summed E-state index contributed by atoms with van der Waals surface area (Å²) in [4.78, 5) is 14.4. The predicted molar refractivity (Wildman–Crippen MR) is 162 cm³/mol. The van der Waals surface area contributed by atoms with Crippen molar-refractivity contribution in [2.45, 2.75) is 12.5 Å². The molecule has 6 rings (SSSR count). The molecule has 0 bridgehead atoms. The normalized spacial score (nSPS) is 17.2. The largest absolute Gasteiger partial charge is 0.796 e. The quantitative estimate of drug-likeness (QED) is 0.243. The summed E-state index contributed by atoms with van der Waals surface area (Å²) in [5.74, 6) is 0. The lowest BCUT2D eigenvalue weighted by molar-refractivity contribution is -0.160. The van der Waals surface area contributed by atoms with Crippen molar-refractivity contribution in [2.75, 3.05) is 15.9 Å². The maximum absolute atomic E-state index is 14.4. The lowest BCUT2D eigenvalue weighted by Crippen LogP contribution is -2.31. The van der Waals surface area contributed by atoms with Crippen LogP contribution in [0.4, 0.5) is 11.4 Å². The molecule has 188 valence electrons. The Labute approximate surface area is 227 Å². The second-order valence-electron chi connectivity index (χ2n) is 9.35. The van der Waals surface area contributed by atoms with Gasteiger partial charge in [0.1, 0.15) is 0 Å². The minimum Gasteiger partial charge on any atom is -0.796 e. The third kappa shape index (κ3) is 5.11. The van der Waals surface area contributed by atoms with Gasteiger partial charge in [-0.2, -0.15) is 0 Å². The molecule has 1 saturated heterocycles. The van der Waals surface area contributed by atoms with Crippen LogP contribution in [0.1, 0.15) is 5.56 Å². The standard InChI is InChI=1S/C33H29N2OP2/c36-38-34(26-29(25-27-15-5-1-6-16-27)35(38)28-17-7-2-8-18-28)32-23-13-14-24-33(32)37(30-19-9-3-10-20-30)31-21-11-4-12-22-31/h1-24,29H,25-26H2/q-1/t29-,38?/m0/s1. The molecule has 2 atom stereocenters. The monoisotopic (exact) mass is 531 g/mol. The van der Waals surface area contributed by atoms with Crippen LogP contribution in [-0.4, -0.2) is 12.6 Å². The van der Waals surface area contributed by atoms with Crippen molar-refractivity contribution in [3.05, 3.63) is 151 Å². The van der Waals surface area contributed by atoms with Crippen molar-refractivity contribution >= 4 is 43.7 Å². The van der Waals surface area contributed by atoms with Crippen molar-refractivity contribution in [1.29, 1.82) is 0 Å². The molecule has 5 aromatic carbocycles. The highest BCUT2D eigenvalue weighted by Gasteiger charge is 2.36. The number of hydrogen-bond acceptors (Lipinski definition) is 3. The fourth-order valence-electron chi connectivity index (χ4n) is 5.17. The second kappa shape index (κ2) is 11.5. The van der Waals surface area contributed by atoms with Gasteiger partial charge in [-0.05, 0) is 48.7 Å². The van der Waals surface area contributed by atoms with Gasteiger partial charge < -0.3 is 14.2 Å². The Morgan fingerprint density at radius 3 is 1.74 bits per heavy atom. The number of hydrogen-bond donors (Lipinski definition) is 0. The molecule has 5 aromatic rings. The molecule has 0 aromatic heterocycles. The molecule has 3 nitrogen and oxygen atoms in total. The van der Waals surface area contributed by atoms with Gasteiger partial charge in [0.05, 0.1) is 6.04 Å². The molecule has 0 radical (unpaired) electrons. The predicted octanol–water partition coefficient (Wildman–Crippen LogP) is 5.97. The van der Waals surface area contributed by atoms with E-state index >= 15 is 0 Å². The molecule has 1 heterocycles. The molecule has 1 aliphatic heterocycles. The summed E-state index contributed by atoms with van der Waals surface area (Å²) in [7, 11) is -2.65. The molecule has 0 aliphatic carbocycles. The van der Waals surface area contributed by atoms with Gasteiger partial charge in [0, 0.05) is 31.7 Å². The topological polar surface area (TPSA) is 29.5 Å². The molecule has 0 N–H and O–H groups in total. The van der Waals surface area contributed by atoms with E-state index in [-0.39, 0.29) is 6.04 Å². The molecular weight excluding hydrogens is 502 g/mol. The first-order chi connectivity index (χ1) is 18.8. The third-order valence-electron chi connectivity index (χ3n) is 6.88. The highest BCUT2D eigenvalue weighted by Crippen LogP contribution is 2.51. The van der Waals surface area contributed by atoms with Crippen LogP contribution < -0.4 is 30.1 Å². The highest BCUT2D eigenvalue weighted by molar-refractivity contribution is 7.80. The first-order valence-corrected chi connectivity index (χ1v) is 15.4. The third-order valence-corrected chi connectivity index (χ3v) is 11.1. The van der Waals surface area contributed by atoms with E-state index in [2.05, 4.69) is 131 Å². The van der Waals surface area contributed by atoms with E-state index in [1.165, 1.54) is 21.5 Å². The molecule has 0 spiro atoms. The average molecular weight is 532 g/mol. The van der Waals surface area contributed by atoms with E-state index in [1.54, 1.807) is 0 Å². The SMILES string of the molecule is [O-]P1N(c2ccccc2P(c2ccccc2)c2ccccc2)C[C@H](Cc2ccccc2)N1c1ccccc1. The number of anilines is 2. The van der Waals surface area contributed by atoms with Gasteiger partial charge >= 0.3 is 0 Å². The number of nitrogens with zero attached hydrogens (tertiary/aromatic N) is 2. The number of benzene rings is 5. The van der Waals surface area contributed by atoms with Crippen molar-refractivity contribution < 1.29 is 4.89 Å². The van der Waals surface area contributed by atoms with Crippen molar-refractivity contribution in [3.63, 3.8) is 0 Å². The van der Waals surface area contributed by atoms with Crippen LogP contribution in [-0.2, 0) is 6.42 Å². The molecular formula is C33H29N2OP2-. The fraction of sp³-hybridized carbons (Fsp3) is 0.0909. The average Bonchev–Trinajstić information content (AvgIpc) is 3.30. The molecule has 5 heteroatoms. The van der Waals surface area contributed by atoms with Gasteiger partial charge in [-0.1, -0.05) is 127 Å². The van der Waals surface area contributed by atoms with Gasteiger partial charge in [-0.25, -0.2) is 0 Å². The van der Waals surface area contributed by atoms with E-state index < -0.39 is 16.4 Å². The Kier molecular flexibility index (Phi) is 7.52.